The van der Waals surface area contributed by atoms with E-state index in [-0.39, 0.29) is 11.6 Å². The third-order valence-corrected chi connectivity index (χ3v) is 3.76. The summed E-state index contributed by atoms with van der Waals surface area (Å²) in [5.74, 6) is -0.174. The van der Waals surface area contributed by atoms with Crippen LogP contribution in [-0.2, 0) is 0 Å². The molecule has 0 aromatic heterocycles. The third kappa shape index (κ3) is 5.09. The molecule has 21 heavy (non-hydrogen) atoms. The fourth-order valence-electron chi connectivity index (χ4n) is 1.95. The van der Waals surface area contributed by atoms with Crippen LogP contribution in [-0.4, -0.2) is 54.4 Å². The second kappa shape index (κ2) is 8.09. The third-order valence-electron chi connectivity index (χ3n) is 3.09. The molecule has 0 aliphatic carbocycles. The molecule has 0 N–H and O–H groups in total. The zero-order chi connectivity index (χ0) is 16.0. The van der Waals surface area contributed by atoms with Crippen LogP contribution in [0, 0.1) is 10.1 Å². The fraction of sp³-hybridized carbons (Fsp3) is 0.500. The Balaban J connectivity index is 2.85. The second-order valence-corrected chi connectivity index (χ2v) is 5.82. The van der Waals surface area contributed by atoms with Crippen molar-refractivity contribution in [3.05, 3.63) is 38.3 Å². The molecule has 0 aliphatic heterocycles. The highest BCUT2D eigenvalue weighted by molar-refractivity contribution is 9.10. The summed E-state index contributed by atoms with van der Waals surface area (Å²) in [5, 5.41) is 10.9. The van der Waals surface area contributed by atoms with Gasteiger partial charge in [0.1, 0.15) is 0 Å². The minimum absolute atomic E-state index is 0.0924. The Hall–Kier alpha value is -1.47. The Morgan fingerprint density at radius 3 is 2.52 bits per heavy atom. The van der Waals surface area contributed by atoms with Crippen LogP contribution in [0.5, 0.6) is 0 Å². The zero-order valence-electron chi connectivity index (χ0n) is 12.5. The van der Waals surface area contributed by atoms with Crippen molar-refractivity contribution in [2.75, 3.05) is 33.7 Å². The van der Waals surface area contributed by atoms with Crippen LogP contribution in [0.3, 0.4) is 0 Å². The molecular formula is C14H20BrN3O3. The molecule has 116 valence electrons. The van der Waals surface area contributed by atoms with Gasteiger partial charge in [-0.15, -0.1) is 0 Å². The van der Waals surface area contributed by atoms with Crippen molar-refractivity contribution in [1.82, 2.24) is 9.80 Å². The maximum absolute atomic E-state index is 12.4. The van der Waals surface area contributed by atoms with Crippen molar-refractivity contribution in [3.63, 3.8) is 0 Å². The first-order valence-corrected chi connectivity index (χ1v) is 7.54. The summed E-state index contributed by atoms with van der Waals surface area (Å²) in [6.07, 6.45) is 0.866. The highest BCUT2D eigenvalue weighted by Gasteiger charge is 2.19. The Morgan fingerprint density at radius 1 is 1.33 bits per heavy atom. The second-order valence-electron chi connectivity index (χ2n) is 4.96. The first-order valence-electron chi connectivity index (χ1n) is 6.74. The van der Waals surface area contributed by atoms with E-state index in [1.165, 1.54) is 6.07 Å². The van der Waals surface area contributed by atoms with E-state index in [1.807, 2.05) is 21.0 Å². The van der Waals surface area contributed by atoms with Gasteiger partial charge in [0, 0.05) is 24.7 Å². The highest BCUT2D eigenvalue weighted by atomic mass is 79.9. The summed E-state index contributed by atoms with van der Waals surface area (Å²) in [4.78, 5) is 26.6. The maximum Gasteiger partial charge on any atom is 0.284 e. The first-order chi connectivity index (χ1) is 9.86. The standard InChI is InChI=1S/C14H20BrN3O3/c1-4-17(9-5-8-16(2)3)14(19)11-6-7-12(15)13(10-11)18(20)21/h6-7,10H,4-5,8-9H2,1-3H3. The van der Waals surface area contributed by atoms with Gasteiger partial charge in [-0.2, -0.15) is 0 Å². The van der Waals surface area contributed by atoms with E-state index in [0.29, 0.717) is 23.1 Å². The molecule has 0 bridgehead atoms. The van der Waals surface area contributed by atoms with Gasteiger partial charge in [0.05, 0.1) is 9.40 Å². The number of carbonyl (C=O) groups excluding carboxylic acids is 1. The summed E-state index contributed by atoms with van der Waals surface area (Å²) >= 11 is 3.12. The molecule has 0 unspecified atom stereocenters. The van der Waals surface area contributed by atoms with Crippen molar-refractivity contribution in [2.45, 2.75) is 13.3 Å². The molecule has 0 heterocycles. The van der Waals surface area contributed by atoms with E-state index in [4.69, 9.17) is 0 Å². The number of amides is 1. The molecular weight excluding hydrogens is 338 g/mol. The monoisotopic (exact) mass is 357 g/mol. The van der Waals surface area contributed by atoms with E-state index in [1.54, 1.807) is 17.0 Å². The summed E-state index contributed by atoms with van der Waals surface area (Å²) < 4.78 is 0.375. The normalized spacial score (nSPS) is 10.7. The Labute approximate surface area is 133 Å². The Kier molecular flexibility index (Phi) is 6.77. The number of rotatable bonds is 7. The van der Waals surface area contributed by atoms with Gasteiger partial charge in [-0.3, -0.25) is 14.9 Å². The smallest absolute Gasteiger partial charge is 0.284 e. The predicted octanol–water partition coefficient (Wildman–Crippen LogP) is 2.77. The Morgan fingerprint density at radius 2 is 2.00 bits per heavy atom. The van der Waals surface area contributed by atoms with Gasteiger partial charge in [-0.05, 0) is 62.0 Å². The van der Waals surface area contributed by atoms with Gasteiger partial charge in [0.2, 0.25) is 0 Å². The molecule has 0 fully saturated rings. The highest BCUT2D eigenvalue weighted by Crippen LogP contribution is 2.26. The molecule has 0 saturated heterocycles. The quantitative estimate of drug-likeness (QED) is 0.555. The average Bonchev–Trinajstić information content (AvgIpc) is 2.43. The number of benzene rings is 1. The van der Waals surface area contributed by atoms with Gasteiger partial charge in [-0.25, -0.2) is 0 Å². The topological polar surface area (TPSA) is 66.7 Å². The van der Waals surface area contributed by atoms with Crippen molar-refractivity contribution < 1.29 is 9.72 Å². The molecule has 0 atom stereocenters. The largest absolute Gasteiger partial charge is 0.339 e. The van der Waals surface area contributed by atoms with Crippen molar-refractivity contribution in [1.29, 1.82) is 0 Å². The van der Waals surface area contributed by atoms with Crippen LogP contribution in [0.25, 0.3) is 0 Å². The lowest BCUT2D eigenvalue weighted by Gasteiger charge is -2.22. The first kappa shape index (κ1) is 17.6. The maximum atomic E-state index is 12.4. The minimum atomic E-state index is -0.497. The van der Waals surface area contributed by atoms with E-state index >= 15 is 0 Å². The number of hydrogen-bond donors (Lipinski definition) is 0. The van der Waals surface area contributed by atoms with E-state index in [2.05, 4.69) is 20.8 Å². The number of halogens is 1. The molecule has 1 aromatic carbocycles. The van der Waals surface area contributed by atoms with E-state index in [9.17, 15) is 14.9 Å². The lowest BCUT2D eigenvalue weighted by Crippen LogP contribution is -2.33. The fourth-order valence-corrected chi connectivity index (χ4v) is 2.34. The molecule has 0 spiro atoms. The summed E-state index contributed by atoms with van der Waals surface area (Å²) in [6.45, 7) is 4.01. The number of nitrogens with zero attached hydrogens (tertiary/aromatic N) is 3. The molecule has 0 aliphatic rings. The van der Waals surface area contributed by atoms with Gasteiger partial charge < -0.3 is 9.80 Å². The van der Waals surface area contributed by atoms with Crippen LogP contribution < -0.4 is 0 Å². The van der Waals surface area contributed by atoms with Crippen LogP contribution in [0.4, 0.5) is 5.69 Å². The molecule has 0 radical (unpaired) electrons. The average molecular weight is 358 g/mol. The molecule has 7 heteroatoms. The van der Waals surface area contributed by atoms with Crippen molar-refractivity contribution in [3.8, 4) is 0 Å². The predicted molar refractivity (Wildman–Crippen MR) is 85.5 cm³/mol. The van der Waals surface area contributed by atoms with Crippen LogP contribution in [0.15, 0.2) is 22.7 Å². The zero-order valence-corrected chi connectivity index (χ0v) is 14.1. The van der Waals surface area contributed by atoms with E-state index in [0.717, 1.165) is 13.0 Å². The SMILES string of the molecule is CCN(CCCN(C)C)C(=O)c1ccc(Br)c([N+](=O)[O-])c1. The van der Waals surface area contributed by atoms with Crippen molar-refractivity contribution in [2.24, 2.45) is 0 Å². The van der Waals surface area contributed by atoms with Gasteiger partial charge in [-0.1, -0.05) is 0 Å². The van der Waals surface area contributed by atoms with Crippen molar-refractivity contribution >= 4 is 27.5 Å². The van der Waals surface area contributed by atoms with Crippen LogP contribution in [0.1, 0.15) is 23.7 Å². The minimum Gasteiger partial charge on any atom is -0.339 e. The van der Waals surface area contributed by atoms with E-state index < -0.39 is 4.92 Å². The number of hydrogen-bond acceptors (Lipinski definition) is 4. The summed E-state index contributed by atoms with van der Waals surface area (Å²) in [5.41, 5.74) is 0.252. The lowest BCUT2D eigenvalue weighted by molar-refractivity contribution is -0.385. The summed E-state index contributed by atoms with van der Waals surface area (Å²) in [6, 6.07) is 4.47. The number of carbonyl (C=O) groups is 1. The molecule has 6 nitrogen and oxygen atoms in total. The Bertz CT molecular complexity index is 520. The molecule has 1 rings (SSSR count). The number of nitro benzene ring substituents is 1. The van der Waals surface area contributed by atoms with Crippen LogP contribution >= 0.6 is 15.9 Å². The molecule has 1 aromatic rings. The molecule has 1 amide bonds. The van der Waals surface area contributed by atoms with Crippen LogP contribution in [0.2, 0.25) is 0 Å². The summed E-state index contributed by atoms with van der Waals surface area (Å²) in [7, 11) is 3.96. The number of nitro groups is 1. The molecule has 0 saturated carbocycles. The lowest BCUT2D eigenvalue weighted by atomic mass is 10.1. The van der Waals surface area contributed by atoms with Gasteiger partial charge in [0.25, 0.3) is 11.6 Å². The van der Waals surface area contributed by atoms with Gasteiger partial charge in [0.15, 0.2) is 0 Å². The van der Waals surface area contributed by atoms with Gasteiger partial charge >= 0.3 is 0 Å².